The van der Waals surface area contributed by atoms with E-state index >= 15 is 0 Å². The van der Waals surface area contributed by atoms with E-state index in [-0.39, 0.29) is 24.7 Å². The second-order valence-electron chi connectivity index (χ2n) is 5.83. The van der Waals surface area contributed by atoms with E-state index in [2.05, 4.69) is 10.0 Å². The summed E-state index contributed by atoms with van der Waals surface area (Å²) in [6.07, 6.45) is 0. The molecule has 0 aromatic heterocycles. The first-order valence-electron chi connectivity index (χ1n) is 7.94. The Morgan fingerprint density at radius 1 is 1.04 bits per heavy atom. The predicted molar refractivity (Wildman–Crippen MR) is 100 cm³/mol. The number of amides is 1. The van der Waals surface area contributed by atoms with E-state index in [1.165, 1.54) is 0 Å². The van der Waals surface area contributed by atoms with Crippen molar-refractivity contribution in [2.45, 2.75) is 6.54 Å². The summed E-state index contributed by atoms with van der Waals surface area (Å²) in [7, 11) is 0.330. The number of nitrogens with zero attached hydrogens (tertiary/aromatic N) is 1. The first-order chi connectivity index (χ1) is 11.9. The Morgan fingerprint density at radius 3 is 2.44 bits per heavy atom. The number of carbonyl (C=O) groups is 1. The van der Waals surface area contributed by atoms with Crippen LogP contribution < -0.4 is 14.9 Å². The van der Waals surface area contributed by atoms with E-state index in [4.69, 9.17) is 0 Å². The smallest absolute Gasteiger partial charge is 0.251 e. The summed E-state index contributed by atoms with van der Waals surface area (Å²) < 4.78 is 26.5. The molecule has 0 unspecified atom stereocenters. The van der Waals surface area contributed by atoms with Crippen molar-refractivity contribution >= 4 is 21.6 Å². The quantitative estimate of drug-likeness (QED) is 0.749. The summed E-state index contributed by atoms with van der Waals surface area (Å²) in [5, 5.41) is 2.64. The zero-order valence-electron chi connectivity index (χ0n) is 14.4. The van der Waals surface area contributed by atoms with Crippen molar-refractivity contribution < 1.29 is 13.2 Å². The molecule has 0 saturated heterocycles. The van der Waals surface area contributed by atoms with Crippen LogP contribution in [-0.4, -0.2) is 40.7 Å². The van der Waals surface area contributed by atoms with E-state index in [1.807, 2.05) is 55.4 Å². The molecule has 7 heteroatoms. The van der Waals surface area contributed by atoms with Gasteiger partial charge in [0.1, 0.15) is 0 Å². The third-order valence-corrected chi connectivity index (χ3v) is 4.95. The second kappa shape index (κ2) is 8.64. The van der Waals surface area contributed by atoms with E-state index in [0.29, 0.717) is 5.56 Å². The standard InChI is InChI=1S/C18H23N3O3S/c1-21(2)17-10-6-9-16(13-17)18(22)19-11-12-25(23,24)20-14-15-7-4-3-5-8-15/h3-10,13,20H,11-12,14H2,1-2H3,(H,19,22). The Labute approximate surface area is 148 Å². The Bertz CT molecular complexity index is 805. The molecule has 25 heavy (non-hydrogen) atoms. The van der Waals surface area contributed by atoms with Crippen LogP contribution in [0.3, 0.4) is 0 Å². The van der Waals surface area contributed by atoms with Gasteiger partial charge in [-0.2, -0.15) is 0 Å². The molecule has 0 aliphatic heterocycles. The first kappa shape index (κ1) is 19.0. The number of hydrogen-bond donors (Lipinski definition) is 2. The molecule has 134 valence electrons. The summed E-state index contributed by atoms with van der Waals surface area (Å²) in [5.74, 6) is -0.458. The molecule has 2 rings (SSSR count). The largest absolute Gasteiger partial charge is 0.378 e. The minimum Gasteiger partial charge on any atom is -0.378 e. The highest BCUT2D eigenvalue weighted by Crippen LogP contribution is 2.13. The van der Waals surface area contributed by atoms with Gasteiger partial charge in [-0.05, 0) is 23.8 Å². The van der Waals surface area contributed by atoms with Crippen molar-refractivity contribution in [3.63, 3.8) is 0 Å². The summed E-state index contributed by atoms with van der Waals surface area (Å²) in [4.78, 5) is 14.0. The van der Waals surface area contributed by atoms with E-state index in [9.17, 15) is 13.2 Å². The first-order valence-corrected chi connectivity index (χ1v) is 9.59. The normalized spacial score (nSPS) is 11.1. The maximum Gasteiger partial charge on any atom is 0.251 e. The van der Waals surface area contributed by atoms with Crippen molar-refractivity contribution in [2.24, 2.45) is 0 Å². The molecule has 0 atom stereocenters. The predicted octanol–water partition coefficient (Wildman–Crippen LogP) is 1.60. The van der Waals surface area contributed by atoms with Crippen LogP contribution in [-0.2, 0) is 16.6 Å². The monoisotopic (exact) mass is 361 g/mol. The number of rotatable bonds is 8. The van der Waals surface area contributed by atoms with Crippen LogP contribution >= 0.6 is 0 Å². The molecule has 0 bridgehead atoms. The molecule has 0 aliphatic carbocycles. The van der Waals surface area contributed by atoms with Crippen LogP contribution in [0.5, 0.6) is 0 Å². The molecular weight excluding hydrogens is 338 g/mol. The fourth-order valence-corrected chi connectivity index (χ4v) is 3.09. The van der Waals surface area contributed by atoms with Crippen molar-refractivity contribution in [3.05, 3.63) is 65.7 Å². The van der Waals surface area contributed by atoms with E-state index in [0.717, 1.165) is 11.3 Å². The van der Waals surface area contributed by atoms with Crippen LogP contribution in [0.15, 0.2) is 54.6 Å². The highest BCUT2D eigenvalue weighted by Gasteiger charge is 2.12. The van der Waals surface area contributed by atoms with Gasteiger partial charge in [0.25, 0.3) is 5.91 Å². The van der Waals surface area contributed by atoms with Gasteiger partial charge in [-0.1, -0.05) is 36.4 Å². The fourth-order valence-electron chi connectivity index (χ4n) is 2.19. The van der Waals surface area contributed by atoms with Gasteiger partial charge in [0, 0.05) is 38.4 Å². The lowest BCUT2D eigenvalue weighted by Gasteiger charge is -2.13. The Balaban J connectivity index is 1.82. The summed E-state index contributed by atoms with van der Waals surface area (Å²) >= 11 is 0. The maximum absolute atomic E-state index is 12.1. The Hall–Kier alpha value is -2.38. The van der Waals surface area contributed by atoms with Gasteiger partial charge >= 0.3 is 0 Å². The lowest BCUT2D eigenvalue weighted by molar-refractivity contribution is 0.0956. The van der Waals surface area contributed by atoms with Crippen LogP contribution in [0.2, 0.25) is 0 Å². The highest BCUT2D eigenvalue weighted by molar-refractivity contribution is 7.89. The molecule has 0 heterocycles. The minimum absolute atomic E-state index is 0.0507. The average molecular weight is 361 g/mol. The molecular formula is C18H23N3O3S. The molecule has 0 spiro atoms. The molecule has 1 amide bonds. The molecule has 2 aromatic rings. The number of sulfonamides is 1. The van der Waals surface area contributed by atoms with Crippen LogP contribution in [0.1, 0.15) is 15.9 Å². The summed E-state index contributed by atoms with van der Waals surface area (Å²) in [5.41, 5.74) is 2.29. The average Bonchev–Trinajstić information content (AvgIpc) is 2.61. The van der Waals surface area contributed by atoms with Crippen LogP contribution in [0.25, 0.3) is 0 Å². The van der Waals surface area contributed by atoms with Gasteiger partial charge in [0.05, 0.1) is 5.75 Å². The molecule has 2 N–H and O–H groups in total. The summed E-state index contributed by atoms with van der Waals surface area (Å²) in [6.45, 7) is 0.289. The maximum atomic E-state index is 12.1. The molecule has 6 nitrogen and oxygen atoms in total. The lowest BCUT2D eigenvalue weighted by Crippen LogP contribution is -2.34. The number of anilines is 1. The van der Waals surface area contributed by atoms with E-state index in [1.54, 1.807) is 18.2 Å². The van der Waals surface area contributed by atoms with Crippen molar-refractivity contribution in [2.75, 3.05) is 31.3 Å². The minimum atomic E-state index is -3.45. The van der Waals surface area contributed by atoms with Crippen LogP contribution in [0.4, 0.5) is 5.69 Å². The van der Waals surface area contributed by atoms with Gasteiger partial charge in [0.15, 0.2) is 0 Å². The Kier molecular flexibility index (Phi) is 6.55. The van der Waals surface area contributed by atoms with Crippen molar-refractivity contribution in [3.8, 4) is 0 Å². The third kappa shape index (κ3) is 6.21. The second-order valence-corrected chi connectivity index (χ2v) is 7.75. The molecule has 0 saturated carbocycles. The van der Waals surface area contributed by atoms with Gasteiger partial charge in [-0.25, -0.2) is 13.1 Å². The fraction of sp³-hybridized carbons (Fsp3) is 0.278. The number of benzene rings is 2. The molecule has 0 radical (unpaired) electrons. The van der Waals surface area contributed by atoms with E-state index < -0.39 is 10.0 Å². The van der Waals surface area contributed by atoms with Crippen LogP contribution in [0, 0.1) is 0 Å². The van der Waals surface area contributed by atoms with Gasteiger partial charge in [-0.3, -0.25) is 4.79 Å². The zero-order chi connectivity index (χ0) is 18.3. The van der Waals surface area contributed by atoms with Gasteiger partial charge in [-0.15, -0.1) is 0 Å². The van der Waals surface area contributed by atoms with Gasteiger partial charge in [0.2, 0.25) is 10.0 Å². The molecule has 0 fully saturated rings. The molecule has 2 aromatic carbocycles. The number of nitrogens with one attached hydrogen (secondary N) is 2. The SMILES string of the molecule is CN(C)c1cccc(C(=O)NCCS(=O)(=O)NCc2ccccc2)c1. The van der Waals surface area contributed by atoms with Gasteiger partial charge < -0.3 is 10.2 Å². The van der Waals surface area contributed by atoms with Crippen molar-refractivity contribution in [1.29, 1.82) is 0 Å². The topological polar surface area (TPSA) is 78.5 Å². The van der Waals surface area contributed by atoms with Crippen molar-refractivity contribution in [1.82, 2.24) is 10.0 Å². The Morgan fingerprint density at radius 2 is 1.76 bits per heavy atom. The lowest BCUT2D eigenvalue weighted by atomic mass is 10.2. The number of carbonyl (C=O) groups excluding carboxylic acids is 1. The summed E-state index contributed by atoms with van der Waals surface area (Å²) in [6, 6.07) is 16.4. The number of hydrogen-bond acceptors (Lipinski definition) is 4. The highest BCUT2D eigenvalue weighted by atomic mass is 32.2. The zero-order valence-corrected chi connectivity index (χ0v) is 15.2. The third-order valence-electron chi connectivity index (χ3n) is 3.62. The molecule has 0 aliphatic rings.